The number of aromatic hydroxyl groups is 1. The van der Waals surface area contributed by atoms with Crippen molar-refractivity contribution < 1.29 is 29.3 Å². The number of nitrogens with zero attached hydrogens (tertiary/aromatic N) is 1. The van der Waals surface area contributed by atoms with Crippen LogP contribution in [0.1, 0.15) is 42.1 Å². The van der Waals surface area contributed by atoms with Crippen molar-refractivity contribution in [1.29, 1.82) is 0 Å². The van der Waals surface area contributed by atoms with Gasteiger partial charge in [0.25, 0.3) is 0 Å². The summed E-state index contributed by atoms with van der Waals surface area (Å²) in [5, 5.41) is 31.8. The number of carbonyl (C=O) groups excluding carboxylic acids is 3. The fourth-order valence-electron chi connectivity index (χ4n) is 5.74. The lowest BCUT2D eigenvalue weighted by atomic mass is 10.0. The van der Waals surface area contributed by atoms with Crippen LogP contribution in [0.2, 0.25) is 0 Å². The molecule has 0 bridgehead atoms. The first-order valence-corrected chi connectivity index (χ1v) is 16.5. The average molecular weight is 666 g/mol. The molecule has 1 fully saturated rings. The number of ether oxygens (including phenoxy) is 1. The van der Waals surface area contributed by atoms with Crippen LogP contribution in [0.25, 0.3) is 11.1 Å². The summed E-state index contributed by atoms with van der Waals surface area (Å²) < 4.78 is 5.73. The Bertz CT molecular complexity index is 1680. The summed E-state index contributed by atoms with van der Waals surface area (Å²) in [7, 11) is 0. The van der Waals surface area contributed by atoms with E-state index in [1.165, 1.54) is 12.1 Å². The number of piperidine rings is 1. The summed E-state index contributed by atoms with van der Waals surface area (Å²) in [5.74, 6) is -0.0878. The molecule has 1 saturated heterocycles. The van der Waals surface area contributed by atoms with Crippen molar-refractivity contribution >= 4 is 29.8 Å². The van der Waals surface area contributed by atoms with Crippen LogP contribution in [-0.2, 0) is 27.4 Å². The molecule has 1 atom stereocenters. The second-order valence-electron chi connectivity index (χ2n) is 12.0. The molecular weight excluding hydrogens is 622 g/mol. The van der Waals surface area contributed by atoms with E-state index in [1.54, 1.807) is 6.07 Å². The molecule has 0 unspecified atom stereocenters. The number of phenols is 1. The maximum atomic E-state index is 12.7. The van der Waals surface area contributed by atoms with E-state index < -0.39 is 12.2 Å². The number of hydrogen-bond donors (Lipinski definition) is 6. The summed E-state index contributed by atoms with van der Waals surface area (Å²) in [6, 6.07) is 30.0. The van der Waals surface area contributed by atoms with Gasteiger partial charge in [-0.15, -0.1) is 0 Å². The highest BCUT2D eigenvalue weighted by Crippen LogP contribution is 2.28. The molecule has 6 N–H and O–H groups in total. The number of rotatable bonds is 15. The van der Waals surface area contributed by atoms with Gasteiger partial charge in [0.1, 0.15) is 11.9 Å². The van der Waals surface area contributed by atoms with Crippen molar-refractivity contribution in [3.8, 4) is 16.9 Å². The first-order valence-electron chi connectivity index (χ1n) is 16.5. The SMILES string of the molecule is O=CNc1cc([C@H](O)CNCc2ccc(CNC(=O)CCN3CCC(OC(=O)Nc4ccccc4-c4ccccc4)CC3)cc2)ccc1O. The lowest BCUT2D eigenvalue weighted by molar-refractivity contribution is -0.121. The zero-order valence-corrected chi connectivity index (χ0v) is 27.3. The fourth-order valence-corrected chi connectivity index (χ4v) is 5.74. The first kappa shape index (κ1) is 35.1. The van der Waals surface area contributed by atoms with Gasteiger partial charge in [-0.2, -0.15) is 0 Å². The number of likely N-dealkylation sites (tertiary alicyclic amines) is 1. The van der Waals surface area contributed by atoms with Crippen molar-refractivity contribution in [2.45, 2.75) is 44.6 Å². The Morgan fingerprint density at radius 3 is 2.31 bits per heavy atom. The predicted molar refractivity (Wildman–Crippen MR) is 189 cm³/mol. The molecule has 0 radical (unpaired) electrons. The molecule has 11 heteroatoms. The van der Waals surface area contributed by atoms with Crippen LogP contribution in [0.4, 0.5) is 16.2 Å². The summed E-state index contributed by atoms with van der Waals surface area (Å²) in [6.45, 7) is 3.41. The molecule has 4 aromatic rings. The number of nitrogens with one attached hydrogen (secondary N) is 4. The molecule has 256 valence electrons. The Labute approximate surface area is 286 Å². The maximum Gasteiger partial charge on any atom is 0.411 e. The molecule has 1 aliphatic rings. The van der Waals surface area contributed by atoms with Gasteiger partial charge in [-0.3, -0.25) is 14.9 Å². The van der Waals surface area contributed by atoms with E-state index in [0.717, 1.165) is 35.3 Å². The highest BCUT2D eigenvalue weighted by atomic mass is 16.6. The smallest absolute Gasteiger partial charge is 0.411 e. The first-order chi connectivity index (χ1) is 23.9. The highest BCUT2D eigenvalue weighted by Gasteiger charge is 2.23. The Kier molecular flexibility index (Phi) is 12.7. The van der Waals surface area contributed by atoms with Gasteiger partial charge in [-0.05, 0) is 53.3 Å². The minimum atomic E-state index is -0.817. The third-order valence-corrected chi connectivity index (χ3v) is 8.51. The van der Waals surface area contributed by atoms with Gasteiger partial charge in [-0.1, -0.05) is 78.9 Å². The van der Waals surface area contributed by atoms with Crippen LogP contribution in [0.3, 0.4) is 0 Å². The van der Waals surface area contributed by atoms with E-state index in [-0.39, 0.29) is 30.0 Å². The molecule has 0 spiro atoms. The maximum absolute atomic E-state index is 12.7. The number of amides is 3. The van der Waals surface area contributed by atoms with Crippen LogP contribution >= 0.6 is 0 Å². The number of para-hydroxylation sites is 1. The molecule has 11 nitrogen and oxygen atoms in total. The Morgan fingerprint density at radius 1 is 0.878 bits per heavy atom. The van der Waals surface area contributed by atoms with E-state index in [2.05, 4.69) is 26.2 Å². The minimum Gasteiger partial charge on any atom is -0.506 e. The number of aliphatic hydroxyl groups is 1. The topological polar surface area (TPSA) is 152 Å². The summed E-state index contributed by atoms with van der Waals surface area (Å²) in [5.41, 5.74) is 5.48. The van der Waals surface area contributed by atoms with Crippen molar-refractivity contribution in [2.24, 2.45) is 0 Å². The Hall–Kier alpha value is -5.23. The second kappa shape index (κ2) is 17.8. The summed E-state index contributed by atoms with van der Waals surface area (Å²) >= 11 is 0. The van der Waals surface area contributed by atoms with Gasteiger partial charge in [0.15, 0.2) is 0 Å². The zero-order chi connectivity index (χ0) is 34.4. The molecule has 0 aliphatic carbocycles. The molecule has 1 heterocycles. The van der Waals surface area contributed by atoms with Crippen LogP contribution < -0.4 is 21.3 Å². The van der Waals surface area contributed by atoms with E-state index in [4.69, 9.17) is 4.74 Å². The standard InChI is InChI=1S/C38H43N5O6/c44-26-41-34-22-30(14-15-35(34)45)36(46)25-39-23-27-10-12-28(13-11-27)24-40-37(47)18-21-43-19-16-31(17-20-43)49-38(48)42-33-9-5-4-8-32(33)29-6-2-1-3-7-29/h1-15,22,26,31,36,39,45-46H,16-21,23-25H2,(H,40,47)(H,41,44)(H,42,48)/t36-/m1/s1. The normalized spacial score (nSPS) is 14.1. The minimum absolute atomic E-state index is 0.0182. The van der Waals surface area contributed by atoms with Crippen LogP contribution in [0, 0.1) is 0 Å². The lowest BCUT2D eigenvalue weighted by Gasteiger charge is -2.31. The van der Waals surface area contributed by atoms with Gasteiger partial charge >= 0.3 is 6.09 Å². The third-order valence-electron chi connectivity index (χ3n) is 8.51. The monoisotopic (exact) mass is 665 g/mol. The number of phenolic OH excluding ortho intramolecular Hbond substituents is 1. The Morgan fingerprint density at radius 2 is 1.57 bits per heavy atom. The largest absolute Gasteiger partial charge is 0.506 e. The number of benzene rings is 4. The van der Waals surface area contributed by atoms with E-state index in [1.807, 2.05) is 78.9 Å². The van der Waals surface area contributed by atoms with Crippen molar-refractivity contribution in [1.82, 2.24) is 15.5 Å². The molecular formula is C38H43N5O6. The van der Waals surface area contributed by atoms with Gasteiger partial charge in [0.2, 0.25) is 12.3 Å². The highest BCUT2D eigenvalue weighted by molar-refractivity contribution is 5.91. The number of aliphatic hydroxyl groups excluding tert-OH is 1. The van der Waals surface area contributed by atoms with E-state index in [9.17, 15) is 24.6 Å². The van der Waals surface area contributed by atoms with Crippen molar-refractivity contribution in [2.75, 3.05) is 36.8 Å². The fraction of sp³-hybridized carbons (Fsp3) is 0.289. The molecule has 0 saturated carbocycles. The number of anilines is 2. The van der Waals surface area contributed by atoms with Gasteiger partial charge < -0.3 is 35.8 Å². The van der Waals surface area contributed by atoms with E-state index >= 15 is 0 Å². The molecule has 0 aromatic heterocycles. The van der Waals surface area contributed by atoms with Gasteiger partial charge in [0, 0.05) is 51.3 Å². The van der Waals surface area contributed by atoms with E-state index in [0.29, 0.717) is 56.6 Å². The Balaban J connectivity index is 0.954. The van der Waals surface area contributed by atoms with Crippen LogP contribution in [0.5, 0.6) is 5.75 Å². The average Bonchev–Trinajstić information content (AvgIpc) is 3.12. The van der Waals surface area contributed by atoms with Crippen LogP contribution in [-0.4, -0.2) is 65.8 Å². The molecule has 49 heavy (non-hydrogen) atoms. The summed E-state index contributed by atoms with van der Waals surface area (Å²) in [6.07, 6.45) is 0.843. The van der Waals surface area contributed by atoms with Gasteiger partial charge in [-0.25, -0.2) is 4.79 Å². The molecule has 5 rings (SSSR count). The van der Waals surface area contributed by atoms with Crippen molar-refractivity contribution in [3.63, 3.8) is 0 Å². The molecule has 4 aromatic carbocycles. The van der Waals surface area contributed by atoms with Crippen LogP contribution in [0.15, 0.2) is 97.1 Å². The lowest BCUT2D eigenvalue weighted by Crippen LogP contribution is -2.40. The molecule has 3 amide bonds. The predicted octanol–water partition coefficient (Wildman–Crippen LogP) is 5.17. The third kappa shape index (κ3) is 10.6. The number of hydrogen-bond acceptors (Lipinski definition) is 8. The summed E-state index contributed by atoms with van der Waals surface area (Å²) in [4.78, 5) is 38.2. The molecule has 1 aliphatic heterocycles. The van der Waals surface area contributed by atoms with Gasteiger partial charge in [0.05, 0.1) is 17.5 Å². The zero-order valence-electron chi connectivity index (χ0n) is 27.3. The number of carbonyl (C=O) groups is 3. The second-order valence-corrected chi connectivity index (χ2v) is 12.0. The van der Waals surface area contributed by atoms with Crippen molar-refractivity contribution in [3.05, 3.63) is 114 Å². The quantitative estimate of drug-likeness (QED) is 0.0752.